The fourth-order valence-corrected chi connectivity index (χ4v) is 1.16. The molecule has 0 aromatic heterocycles. The third-order valence-corrected chi connectivity index (χ3v) is 1.88. The summed E-state index contributed by atoms with van der Waals surface area (Å²) in [7, 11) is 0. The summed E-state index contributed by atoms with van der Waals surface area (Å²) in [4.78, 5) is 11.1. The molecule has 0 bridgehead atoms. The highest BCUT2D eigenvalue weighted by Gasteiger charge is 2.28. The first kappa shape index (κ1) is 8.68. The second-order valence-corrected chi connectivity index (χ2v) is 2.70. The molecule has 1 saturated heterocycles. The van der Waals surface area contributed by atoms with E-state index in [4.69, 9.17) is 9.47 Å². The van der Waals surface area contributed by atoms with E-state index in [-0.39, 0.29) is 18.0 Å². The van der Waals surface area contributed by atoms with E-state index in [0.717, 1.165) is 0 Å². The van der Waals surface area contributed by atoms with Gasteiger partial charge < -0.3 is 9.47 Å². The van der Waals surface area contributed by atoms with Crippen molar-refractivity contribution in [2.24, 2.45) is 5.92 Å². The number of Topliss-reactive ketones (excluding diaryl/α,β-unsaturated/α-hetero) is 1. The quantitative estimate of drug-likeness (QED) is 0.600. The molecule has 1 fully saturated rings. The summed E-state index contributed by atoms with van der Waals surface area (Å²) in [5.41, 5.74) is 0. The number of rotatable bonds is 2. The van der Waals surface area contributed by atoms with Crippen LogP contribution in [0.25, 0.3) is 0 Å². The molecule has 3 nitrogen and oxygen atoms in total. The number of hydrogen-bond donors (Lipinski definition) is 0. The Bertz CT molecular complexity index is 142. The highest BCUT2D eigenvalue weighted by atomic mass is 16.7. The van der Waals surface area contributed by atoms with Crippen LogP contribution in [-0.4, -0.2) is 25.3 Å². The second-order valence-electron chi connectivity index (χ2n) is 2.70. The lowest BCUT2D eigenvalue weighted by Gasteiger charge is -2.27. The number of carbonyl (C=O) groups is 1. The van der Waals surface area contributed by atoms with Gasteiger partial charge in [-0.1, -0.05) is 6.92 Å². The maximum Gasteiger partial charge on any atom is 0.166 e. The Morgan fingerprint density at radius 2 is 2.45 bits per heavy atom. The summed E-state index contributed by atoms with van der Waals surface area (Å²) >= 11 is 0. The lowest BCUT2D eigenvalue weighted by molar-refractivity contribution is -0.189. The van der Waals surface area contributed by atoms with Crippen LogP contribution in [0.4, 0.5) is 0 Å². The second kappa shape index (κ2) is 3.83. The zero-order chi connectivity index (χ0) is 8.27. The predicted octanol–water partition coefficient (Wildman–Crippen LogP) is 0.975. The van der Waals surface area contributed by atoms with Gasteiger partial charge in [-0.15, -0.1) is 0 Å². The van der Waals surface area contributed by atoms with Crippen LogP contribution in [-0.2, 0) is 14.3 Å². The van der Waals surface area contributed by atoms with E-state index in [9.17, 15) is 4.79 Å². The molecule has 2 atom stereocenters. The van der Waals surface area contributed by atoms with Crippen molar-refractivity contribution in [3.05, 3.63) is 0 Å². The maximum atomic E-state index is 11.1. The van der Waals surface area contributed by atoms with E-state index < -0.39 is 0 Å². The number of carbonyl (C=O) groups excluding carboxylic acids is 1. The average Bonchev–Trinajstić information content (AvgIpc) is 1.99. The van der Waals surface area contributed by atoms with Crippen LogP contribution in [0.5, 0.6) is 0 Å². The molecule has 1 aliphatic rings. The molecule has 0 spiro atoms. The van der Waals surface area contributed by atoms with Crippen LogP contribution < -0.4 is 0 Å². The summed E-state index contributed by atoms with van der Waals surface area (Å²) in [6, 6.07) is 0. The Morgan fingerprint density at radius 1 is 1.73 bits per heavy atom. The van der Waals surface area contributed by atoms with Gasteiger partial charge >= 0.3 is 0 Å². The van der Waals surface area contributed by atoms with Crippen molar-refractivity contribution in [1.29, 1.82) is 0 Å². The topological polar surface area (TPSA) is 35.5 Å². The third kappa shape index (κ3) is 2.01. The molecule has 0 aromatic rings. The van der Waals surface area contributed by atoms with Crippen molar-refractivity contribution in [2.45, 2.75) is 26.6 Å². The van der Waals surface area contributed by atoms with Gasteiger partial charge in [0.05, 0.1) is 12.5 Å². The summed E-state index contributed by atoms with van der Waals surface area (Å²) in [5.74, 6) is 0.151. The molecular weight excluding hydrogens is 144 g/mol. The molecule has 0 saturated carbocycles. The summed E-state index contributed by atoms with van der Waals surface area (Å²) < 4.78 is 10.5. The van der Waals surface area contributed by atoms with Crippen LogP contribution in [0, 0.1) is 5.92 Å². The molecule has 1 aliphatic heterocycles. The van der Waals surface area contributed by atoms with E-state index in [1.165, 1.54) is 0 Å². The molecular formula is C8H14O3. The van der Waals surface area contributed by atoms with Crippen molar-refractivity contribution < 1.29 is 14.3 Å². The van der Waals surface area contributed by atoms with Crippen molar-refractivity contribution in [3.8, 4) is 0 Å². The predicted molar refractivity (Wildman–Crippen MR) is 40.2 cm³/mol. The maximum absolute atomic E-state index is 11.1. The first-order valence-electron chi connectivity index (χ1n) is 4.01. The zero-order valence-corrected chi connectivity index (χ0v) is 7.00. The third-order valence-electron chi connectivity index (χ3n) is 1.88. The molecule has 0 aliphatic carbocycles. The molecule has 0 unspecified atom stereocenters. The monoisotopic (exact) mass is 158 g/mol. The van der Waals surface area contributed by atoms with E-state index in [2.05, 4.69) is 0 Å². The van der Waals surface area contributed by atoms with Gasteiger partial charge in [0.25, 0.3) is 0 Å². The Morgan fingerprint density at radius 3 is 3.09 bits per heavy atom. The number of ketones is 1. The van der Waals surface area contributed by atoms with Gasteiger partial charge in [0.1, 0.15) is 5.78 Å². The lowest BCUT2D eigenvalue weighted by Crippen LogP contribution is -2.36. The van der Waals surface area contributed by atoms with Crippen molar-refractivity contribution in [2.75, 3.05) is 13.2 Å². The van der Waals surface area contributed by atoms with Gasteiger partial charge in [-0.25, -0.2) is 0 Å². The molecule has 0 aromatic carbocycles. The van der Waals surface area contributed by atoms with Gasteiger partial charge in [-0.3, -0.25) is 4.79 Å². The molecule has 0 amide bonds. The molecule has 3 heteroatoms. The fraction of sp³-hybridized carbons (Fsp3) is 0.875. The molecule has 64 valence electrons. The van der Waals surface area contributed by atoms with Crippen molar-refractivity contribution in [3.63, 3.8) is 0 Å². The van der Waals surface area contributed by atoms with Gasteiger partial charge in [0.2, 0.25) is 0 Å². The first-order valence-corrected chi connectivity index (χ1v) is 4.01. The SMILES string of the molecule is CCO[C@H]1OCCC(=O)[C@H]1C. The fourth-order valence-electron chi connectivity index (χ4n) is 1.16. The van der Waals surface area contributed by atoms with Gasteiger partial charge in [0.15, 0.2) is 6.29 Å². The van der Waals surface area contributed by atoms with Crippen molar-refractivity contribution >= 4 is 5.78 Å². The lowest BCUT2D eigenvalue weighted by atomic mass is 10.0. The Balaban J connectivity index is 2.44. The number of ether oxygens (including phenoxy) is 2. The van der Waals surface area contributed by atoms with Gasteiger partial charge in [-0.05, 0) is 6.92 Å². The first-order chi connectivity index (χ1) is 5.25. The summed E-state index contributed by atoms with van der Waals surface area (Å²) in [6.07, 6.45) is 0.228. The van der Waals surface area contributed by atoms with Crippen LogP contribution >= 0.6 is 0 Å². The van der Waals surface area contributed by atoms with Gasteiger partial charge in [0, 0.05) is 13.0 Å². The van der Waals surface area contributed by atoms with E-state index in [1.54, 1.807) is 0 Å². The van der Waals surface area contributed by atoms with Gasteiger partial charge in [-0.2, -0.15) is 0 Å². The van der Waals surface area contributed by atoms with Crippen LogP contribution in [0.15, 0.2) is 0 Å². The average molecular weight is 158 g/mol. The zero-order valence-electron chi connectivity index (χ0n) is 7.00. The number of hydrogen-bond acceptors (Lipinski definition) is 3. The minimum Gasteiger partial charge on any atom is -0.352 e. The Hall–Kier alpha value is -0.410. The van der Waals surface area contributed by atoms with E-state index >= 15 is 0 Å². The molecule has 1 heterocycles. The van der Waals surface area contributed by atoms with E-state index in [1.807, 2.05) is 13.8 Å². The summed E-state index contributed by atoms with van der Waals surface area (Å²) in [6.45, 7) is 4.85. The van der Waals surface area contributed by atoms with Crippen molar-refractivity contribution in [1.82, 2.24) is 0 Å². The Labute approximate surface area is 66.7 Å². The molecule has 11 heavy (non-hydrogen) atoms. The van der Waals surface area contributed by atoms with Crippen LogP contribution in [0.2, 0.25) is 0 Å². The largest absolute Gasteiger partial charge is 0.352 e. The Kier molecular flexibility index (Phi) is 3.02. The normalized spacial score (nSPS) is 32.4. The molecule has 0 N–H and O–H groups in total. The van der Waals surface area contributed by atoms with Crippen LogP contribution in [0.3, 0.4) is 0 Å². The molecule has 1 rings (SSSR count). The molecule has 0 radical (unpaired) electrons. The minimum absolute atomic E-state index is 0.0938. The standard InChI is InChI=1S/C8H14O3/c1-3-10-8-6(2)7(9)4-5-11-8/h6,8H,3-5H2,1-2H3/t6-,8+/m1/s1. The van der Waals surface area contributed by atoms with E-state index in [0.29, 0.717) is 19.6 Å². The smallest absolute Gasteiger partial charge is 0.166 e. The minimum atomic E-state index is -0.304. The summed E-state index contributed by atoms with van der Waals surface area (Å²) in [5, 5.41) is 0. The highest BCUT2D eigenvalue weighted by molar-refractivity contribution is 5.81. The highest BCUT2D eigenvalue weighted by Crippen LogP contribution is 2.17. The van der Waals surface area contributed by atoms with Crippen LogP contribution in [0.1, 0.15) is 20.3 Å².